The summed E-state index contributed by atoms with van der Waals surface area (Å²) in [5.41, 5.74) is 2.57. The van der Waals surface area contributed by atoms with Gasteiger partial charge in [0.05, 0.1) is 6.10 Å². The summed E-state index contributed by atoms with van der Waals surface area (Å²) in [4.78, 5) is 3.02. The first-order chi connectivity index (χ1) is 13.8. The molecular formula is C27H43NO. The lowest BCUT2D eigenvalue weighted by atomic mass is 9.49. The zero-order chi connectivity index (χ0) is 20.1. The third kappa shape index (κ3) is 2.43. The van der Waals surface area contributed by atoms with E-state index in [-0.39, 0.29) is 6.10 Å². The number of allylic oxidation sites excluding steroid dienone is 1. The Kier molecular flexibility index (Phi) is 4.23. The minimum Gasteiger partial charge on any atom is -0.393 e. The van der Waals surface area contributed by atoms with E-state index in [1.54, 1.807) is 5.57 Å². The summed E-state index contributed by atoms with van der Waals surface area (Å²) in [6, 6.07) is 1.72. The van der Waals surface area contributed by atoms with Crippen LogP contribution in [0, 0.1) is 46.3 Å². The Morgan fingerprint density at radius 2 is 1.79 bits per heavy atom. The molecule has 6 aliphatic rings. The zero-order valence-electron chi connectivity index (χ0n) is 19.2. The van der Waals surface area contributed by atoms with Crippen LogP contribution in [-0.4, -0.2) is 34.7 Å². The van der Waals surface area contributed by atoms with E-state index in [0.29, 0.717) is 10.8 Å². The molecule has 6 rings (SSSR count). The number of hydrogen-bond acceptors (Lipinski definition) is 2. The summed E-state index contributed by atoms with van der Waals surface area (Å²) < 4.78 is 0. The molecule has 0 bridgehead atoms. The number of rotatable bonds is 0. The van der Waals surface area contributed by atoms with E-state index in [2.05, 4.69) is 38.7 Å². The highest BCUT2D eigenvalue weighted by atomic mass is 16.3. The minimum absolute atomic E-state index is 0.0779. The van der Waals surface area contributed by atoms with E-state index < -0.39 is 0 Å². The predicted octanol–water partition coefficient (Wildman–Crippen LogP) is 5.66. The molecule has 2 saturated heterocycles. The molecule has 2 aliphatic heterocycles. The first-order valence-electron chi connectivity index (χ1n) is 13.0. The predicted molar refractivity (Wildman–Crippen MR) is 118 cm³/mol. The van der Waals surface area contributed by atoms with Crippen LogP contribution in [0.25, 0.3) is 0 Å². The van der Waals surface area contributed by atoms with Gasteiger partial charge in [0.25, 0.3) is 0 Å². The Labute approximate surface area is 178 Å². The first kappa shape index (κ1) is 19.4. The molecule has 0 radical (unpaired) electrons. The van der Waals surface area contributed by atoms with Crippen molar-refractivity contribution >= 4 is 0 Å². The van der Waals surface area contributed by atoms with Crippen molar-refractivity contribution < 1.29 is 5.11 Å². The fourth-order valence-electron chi connectivity index (χ4n) is 10.3. The highest BCUT2D eigenvalue weighted by molar-refractivity contribution is 5.26. The largest absolute Gasteiger partial charge is 0.393 e. The molecule has 2 heterocycles. The van der Waals surface area contributed by atoms with Crippen LogP contribution in [0.4, 0.5) is 0 Å². The molecular weight excluding hydrogens is 354 g/mol. The van der Waals surface area contributed by atoms with Crippen LogP contribution >= 0.6 is 0 Å². The van der Waals surface area contributed by atoms with E-state index >= 15 is 0 Å². The van der Waals surface area contributed by atoms with Crippen LogP contribution < -0.4 is 0 Å². The molecule has 29 heavy (non-hydrogen) atoms. The fraction of sp³-hybridized carbons (Fsp3) is 0.926. The highest BCUT2D eigenvalue weighted by Gasteiger charge is 2.67. The van der Waals surface area contributed by atoms with E-state index in [0.717, 1.165) is 60.4 Å². The van der Waals surface area contributed by atoms with Gasteiger partial charge < -0.3 is 5.11 Å². The van der Waals surface area contributed by atoms with Crippen molar-refractivity contribution in [2.75, 3.05) is 6.54 Å². The maximum absolute atomic E-state index is 10.3. The van der Waals surface area contributed by atoms with Gasteiger partial charge in [-0.05, 0) is 104 Å². The highest BCUT2D eigenvalue weighted by Crippen LogP contribution is 2.69. The van der Waals surface area contributed by atoms with Crippen molar-refractivity contribution in [3.05, 3.63) is 11.6 Å². The number of aliphatic hydroxyl groups excluding tert-OH is 1. The number of hydrogen-bond donors (Lipinski definition) is 1. The van der Waals surface area contributed by atoms with E-state index in [1.807, 2.05) is 0 Å². The molecule has 0 spiro atoms. The monoisotopic (exact) mass is 397 g/mol. The summed E-state index contributed by atoms with van der Waals surface area (Å²) in [6.07, 6.45) is 14.4. The SMILES string of the molecule is CC1CCC2C(C)C3(C)C4CCC5C(CC=C6CC(O)CCC65C)C4CC3N2C1. The van der Waals surface area contributed by atoms with Gasteiger partial charge in [0.15, 0.2) is 0 Å². The van der Waals surface area contributed by atoms with Gasteiger partial charge in [-0.15, -0.1) is 0 Å². The number of aliphatic hydroxyl groups is 1. The Morgan fingerprint density at radius 1 is 1.00 bits per heavy atom. The molecule has 0 aromatic carbocycles. The van der Waals surface area contributed by atoms with Crippen molar-refractivity contribution in [1.29, 1.82) is 0 Å². The molecule has 0 aromatic rings. The van der Waals surface area contributed by atoms with Crippen LogP contribution in [0.2, 0.25) is 0 Å². The van der Waals surface area contributed by atoms with Crippen LogP contribution in [0.1, 0.15) is 85.5 Å². The molecule has 5 fully saturated rings. The third-order valence-corrected chi connectivity index (χ3v) is 11.9. The lowest BCUT2D eigenvalue weighted by Crippen LogP contribution is -2.49. The molecule has 1 N–H and O–H groups in total. The van der Waals surface area contributed by atoms with Gasteiger partial charge in [0.2, 0.25) is 0 Å². The molecule has 4 aliphatic carbocycles. The van der Waals surface area contributed by atoms with Crippen LogP contribution in [0.3, 0.4) is 0 Å². The van der Waals surface area contributed by atoms with Gasteiger partial charge >= 0.3 is 0 Å². The van der Waals surface area contributed by atoms with Crippen molar-refractivity contribution in [1.82, 2.24) is 4.90 Å². The normalized spacial score (nSPS) is 59.2. The summed E-state index contributed by atoms with van der Waals surface area (Å²) in [6.45, 7) is 11.8. The Bertz CT molecular complexity index is 715. The summed E-state index contributed by atoms with van der Waals surface area (Å²) in [5, 5.41) is 10.3. The van der Waals surface area contributed by atoms with Gasteiger partial charge in [0.1, 0.15) is 0 Å². The van der Waals surface area contributed by atoms with Crippen molar-refractivity contribution in [2.24, 2.45) is 46.3 Å². The van der Waals surface area contributed by atoms with Crippen molar-refractivity contribution in [3.8, 4) is 0 Å². The smallest absolute Gasteiger partial charge is 0.0577 e. The maximum atomic E-state index is 10.3. The van der Waals surface area contributed by atoms with Crippen LogP contribution in [0.15, 0.2) is 11.6 Å². The molecule has 11 atom stereocenters. The lowest BCUT2D eigenvalue weighted by molar-refractivity contribution is -0.0313. The van der Waals surface area contributed by atoms with Gasteiger partial charge in [-0.25, -0.2) is 0 Å². The maximum Gasteiger partial charge on any atom is 0.0577 e. The second-order valence-electron chi connectivity index (χ2n) is 12.8. The van der Waals surface area contributed by atoms with Crippen LogP contribution in [-0.2, 0) is 0 Å². The molecule has 2 heteroatoms. The minimum atomic E-state index is -0.0779. The molecule has 162 valence electrons. The van der Waals surface area contributed by atoms with Crippen molar-refractivity contribution in [2.45, 2.75) is 104 Å². The van der Waals surface area contributed by atoms with Gasteiger partial charge in [-0.2, -0.15) is 0 Å². The zero-order valence-corrected chi connectivity index (χ0v) is 19.2. The topological polar surface area (TPSA) is 23.5 Å². The molecule has 11 unspecified atom stereocenters. The molecule has 0 amide bonds. The summed E-state index contributed by atoms with van der Waals surface area (Å²) >= 11 is 0. The average molecular weight is 398 g/mol. The van der Waals surface area contributed by atoms with Crippen LogP contribution in [0.5, 0.6) is 0 Å². The Morgan fingerprint density at radius 3 is 2.62 bits per heavy atom. The third-order valence-electron chi connectivity index (χ3n) is 11.9. The number of nitrogens with zero attached hydrogens (tertiary/aromatic N) is 1. The first-order valence-corrected chi connectivity index (χ1v) is 13.0. The number of piperidine rings is 1. The molecule has 3 saturated carbocycles. The standard InChI is InChI=1S/C27H43NO/c1-16-5-10-24-17(2)27(4)23-9-8-22-20(21(23)14-25(27)28(24)15-16)7-6-18-13-19(29)11-12-26(18,22)3/h6,16-17,19-25,29H,5,7-15H2,1-4H3. The van der Waals surface area contributed by atoms with E-state index in [9.17, 15) is 5.11 Å². The summed E-state index contributed by atoms with van der Waals surface area (Å²) in [7, 11) is 0. The summed E-state index contributed by atoms with van der Waals surface area (Å²) in [5.74, 6) is 5.46. The molecule has 0 aromatic heterocycles. The Balaban J connectivity index is 1.32. The number of fused-ring (bicyclic) bond motifs is 9. The molecule has 2 nitrogen and oxygen atoms in total. The van der Waals surface area contributed by atoms with E-state index in [4.69, 9.17) is 0 Å². The van der Waals surface area contributed by atoms with Gasteiger partial charge in [-0.1, -0.05) is 39.3 Å². The lowest BCUT2D eigenvalue weighted by Gasteiger charge is -2.56. The quantitative estimate of drug-likeness (QED) is 0.534. The average Bonchev–Trinajstić information content (AvgIpc) is 3.11. The second-order valence-corrected chi connectivity index (χ2v) is 12.8. The fourth-order valence-corrected chi connectivity index (χ4v) is 10.3. The second kappa shape index (κ2) is 6.35. The van der Waals surface area contributed by atoms with Gasteiger partial charge in [0, 0.05) is 18.6 Å². The van der Waals surface area contributed by atoms with E-state index in [1.165, 1.54) is 51.5 Å². The Hall–Kier alpha value is -0.340. The van der Waals surface area contributed by atoms with Crippen molar-refractivity contribution in [3.63, 3.8) is 0 Å². The van der Waals surface area contributed by atoms with Gasteiger partial charge in [-0.3, -0.25) is 4.90 Å².